The Kier molecular flexibility index (Phi) is 5.03. The van der Waals surface area contributed by atoms with Gasteiger partial charge in [-0.05, 0) is 36.6 Å². The summed E-state index contributed by atoms with van der Waals surface area (Å²) in [6, 6.07) is 6.24. The zero-order chi connectivity index (χ0) is 18.8. The summed E-state index contributed by atoms with van der Waals surface area (Å²) in [6.45, 7) is 6.87. The highest BCUT2D eigenvalue weighted by atomic mass is 16.5. The third-order valence-electron chi connectivity index (χ3n) is 5.16. The van der Waals surface area contributed by atoms with Gasteiger partial charge < -0.3 is 24.0 Å². The molecule has 2 aliphatic heterocycles. The van der Waals surface area contributed by atoms with Crippen LogP contribution in [0.3, 0.4) is 0 Å². The lowest BCUT2D eigenvalue weighted by atomic mass is 9.99. The lowest BCUT2D eigenvalue weighted by Gasteiger charge is -2.32. The van der Waals surface area contributed by atoms with Crippen LogP contribution in [0.25, 0.3) is 0 Å². The molecule has 0 aliphatic carbocycles. The van der Waals surface area contributed by atoms with Crippen LogP contribution in [0.2, 0.25) is 0 Å². The van der Waals surface area contributed by atoms with Crippen LogP contribution in [-0.4, -0.2) is 57.0 Å². The fourth-order valence-corrected chi connectivity index (χ4v) is 3.68. The average Bonchev–Trinajstić information content (AvgIpc) is 2.72. The molecule has 144 valence electrons. The number of hydrogen-bond acceptors (Lipinski definition) is 7. The summed E-state index contributed by atoms with van der Waals surface area (Å²) in [6.07, 6.45) is 0.950. The van der Waals surface area contributed by atoms with Crippen molar-refractivity contribution in [3.63, 3.8) is 0 Å². The minimum absolute atomic E-state index is 0.728. The van der Waals surface area contributed by atoms with Crippen molar-refractivity contribution in [2.24, 2.45) is 0 Å². The van der Waals surface area contributed by atoms with Crippen molar-refractivity contribution in [2.75, 3.05) is 56.9 Å². The van der Waals surface area contributed by atoms with Crippen LogP contribution in [0, 0.1) is 6.92 Å². The van der Waals surface area contributed by atoms with Crippen molar-refractivity contribution in [1.82, 2.24) is 9.97 Å². The standard InChI is InChI=1S/C20H26N4O3/c1-14-10-19(22-20(21-14)23-6-8-27-9-7-23)24-5-4-15-11-17(25-2)18(26-3)12-16(15)13-24/h10-12H,4-9,13H2,1-3H3. The molecule has 1 fully saturated rings. The molecule has 2 aliphatic rings. The van der Waals surface area contributed by atoms with Gasteiger partial charge in [-0.1, -0.05) is 0 Å². The van der Waals surface area contributed by atoms with Gasteiger partial charge in [0.2, 0.25) is 5.95 Å². The number of fused-ring (bicyclic) bond motifs is 1. The molecule has 0 N–H and O–H groups in total. The molecular formula is C20H26N4O3. The Morgan fingerprint density at radius 3 is 2.30 bits per heavy atom. The van der Waals surface area contributed by atoms with Gasteiger partial charge in [-0.2, -0.15) is 4.98 Å². The van der Waals surface area contributed by atoms with E-state index in [-0.39, 0.29) is 0 Å². The van der Waals surface area contributed by atoms with E-state index in [1.807, 2.05) is 6.92 Å². The van der Waals surface area contributed by atoms with E-state index < -0.39 is 0 Å². The maximum Gasteiger partial charge on any atom is 0.227 e. The van der Waals surface area contributed by atoms with Crippen LogP contribution < -0.4 is 19.3 Å². The first-order valence-corrected chi connectivity index (χ1v) is 9.35. The van der Waals surface area contributed by atoms with E-state index in [2.05, 4.69) is 33.0 Å². The van der Waals surface area contributed by atoms with Gasteiger partial charge in [0.25, 0.3) is 0 Å². The molecule has 0 radical (unpaired) electrons. The van der Waals surface area contributed by atoms with Crippen LogP contribution in [0.15, 0.2) is 18.2 Å². The summed E-state index contributed by atoms with van der Waals surface area (Å²) in [5.41, 5.74) is 3.55. The van der Waals surface area contributed by atoms with Crippen LogP contribution in [0.4, 0.5) is 11.8 Å². The number of benzene rings is 1. The number of aryl methyl sites for hydroxylation is 1. The van der Waals surface area contributed by atoms with Gasteiger partial charge in [0.15, 0.2) is 11.5 Å². The SMILES string of the molecule is COc1cc2c(cc1OC)CN(c1cc(C)nc(N3CCOCC3)n1)CC2. The minimum Gasteiger partial charge on any atom is -0.493 e. The van der Waals surface area contributed by atoms with Crippen LogP contribution in [-0.2, 0) is 17.7 Å². The van der Waals surface area contributed by atoms with Crippen molar-refractivity contribution < 1.29 is 14.2 Å². The number of anilines is 2. The molecular weight excluding hydrogens is 344 g/mol. The van der Waals surface area contributed by atoms with E-state index in [1.54, 1.807) is 14.2 Å². The van der Waals surface area contributed by atoms with E-state index in [1.165, 1.54) is 11.1 Å². The average molecular weight is 370 g/mol. The summed E-state index contributed by atoms with van der Waals surface area (Å²) >= 11 is 0. The second-order valence-electron chi connectivity index (χ2n) is 6.91. The van der Waals surface area contributed by atoms with Crippen molar-refractivity contribution in [3.8, 4) is 11.5 Å². The third kappa shape index (κ3) is 3.64. The molecule has 1 saturated heterocycles. The summed E-state index contributed by atoms with van der Waals surface area (Å²) < 4.78 is 16.4. The highest BCUT2D eigenvalue weighted by Gasteiger charge is 2.22. The lowest BCUT2D eigenvalue weighted by molar-refractivity contribution is 0.122. The normalized spacial score (nSPS) is 16.9. The number of morpholine rings is 1. The van der Waals surface area contributed by atoms with E-state index in [9.17, 15) is 0 Å². The minimum atomic E-state index is 0.728. The zero-order valence-corrected chi connectivity index (χ0v) is 16.2. The smallest absolute Gasteiger partial charge is 0.227 e. The van der Waals surface area contributed by atoms with Crippen molar-refractivity contribution in [3.05, 3.63) is 35.0 Å². The molecule has 3 heterocycles. The number of methoxy groups -OCH3 is 2. The largest absolute Gasteiger partial charge is 0.493 e. The Labute approximate surface area is 159 Å². The fourth-order valence-electron chi connectivity index (χ4n) is 3.68. The molecule has 27 heavy (non-hydrogen) atoms. The van der Waals surface area contributed by atoms with E-state index in [0.717, 1.165) is 74.8 Å². The second-order valence-corrected chi connectivity index (χ2v) is 6.91. The van der Waals surface area contributed by atoms with Gasteiger partial charge in [-0.3, -0.25) is 0 Å². The highest BCUT2D eigenvalue weighted by molar-refractivity contribution is 5.53. The summed E-state index contributed by atoms with van der Waals surface area (Å²) in [4.78, 5) is 14.0. The monoisotopic (exact) mass is 370 g/mol. The maximum atomic E-state index is 5.47. The molecule has 4 rings (SSSR count). The van der Waals surface area contributed by atoms with Gasteiger partial charge in [0.1, 0.15) is 5.82 Å². The molecule has 0 unspecified atom stereocenters. The van der Waals surface area contributed by atoms with Crippen molar-refractivity contribution in [1.29, 1.82) is 0 Å². The van der Waals surface area contributed by atoms with Gasteiger partial charge in [-0.15, -0.1) is 0 Å². The van der Waals surface area contributed by atoms with Crippen molar-refractivity contribution in [2.45, 2.75) is 19.9 Å². The zero-order valence-electron chi connectivity index (χ0n) is 16.2. The van der Waals surface area contributed by atoms with Crippen LogP contribution in [0.5, 0.6) is 11.5 Å². The lowest BCUT2D eigenvalue weighted by Crippen LogP contribution is -2.38. The Morgan fingerprint density at radius 1 is 0.889 bits per heavy atom. The number of rotatable bonds is 4. The van der Waals surface area contributed by atoms with Crippen LogP contribution in [0.1, 0.15) is 16.8 Å². The molecule has 2 aromatic rings. The topological polar surface area (TPSA) is 60.0 Å². The first-order chi connectivity index (χ1) is 13.2. The number of nitrogens with zero attached hydrogens (tertiary/aromatic N) is 4. The molecule has 0 spiro atoms. The van der Waals surface area contributed by atoms with E-state index in [4.69, 9.17) is 19.2 Å². The Morgan fingerprint density at radius 2 is 1.59 bits per heavy atom. The van der Waals surface area contributed by atoms with Gasteiger partial charge >= 0.3 is 0 Å². The molecule has 0 bridgehead atoms. The number of ether oxygens (including phenoxy) is 3. The fraction of sp³-hybridized carbons (Fsp3) is 0.500. The molecule has 1 aromatic heterocycles. The second kappa shape index (κ2) is 7.60. The molecule has 0 saturated carbocycles. The quantitative estimate of drug-likeness (QED) is 0.818. The Balaban J connectivity index is 1.61. The molecule has 0 atom stereocenters. The van der Waals surface area contributed by atoms with E-state index in [0.29, 0.717) is 0 Å². The first-order valence-electron chi connectivity index (χ1n) is 9.35. The first kappa shape index (κ1) is 17.9. The van der Waals surface area contributed by atoms with Crippen molar-refractivity contribution >= 4 is 11.8 Å². The molecule has 1 aromatic carbocycles. The summed E-state index contributed by atoms with van der Waals surface area (Å²) in [5.74, 6) is 3.33. The molecule has 0 amide bonds. The predicted octanol–water partition coefficient (Wildman–Crippen LogP) is 2.20. The Bertz CT molecular complexity index is 821. The van der Waals surface area contributed by atoms with Crippen LogP contribution >= 0.6 is 0 Å². The Hall–Kier alpha value is -2.54. The maximum absolute atomic E-state index is 5.47. The number of hydrogen-bond donors (Lipinski definition) is 0. The van der Waals surface area contributed by atoms with Gasteiger partial charge in [0.05, 0.1) is 27.4 Å². The van der Waals surface area contributed by atoms with Gasteiger partial charge in [-0.25, -0.2) is 4.98 Å². The summed E-state index contributed by atoms with van der Waals surface area (Å²) in [7, 11) is 3.35. The predicted molar refractivity (Wildman–Crippen MR) is 104 cm³/mol. The van der Waals surface area contributed by atoms with E-state index >= 15 is 0 Å². The third-order valence-corrected chi connectivity index (χ3v) is 5.16. The number of aromatic nitrogens is 2. The molecule has 7 heteroatoms. The summed E-state index contributed by atoms with van der Waals surface area (Å²) in [5, 5.41) is 0. The molecule has 7 nitrogen and oxygen atoms in total. The highest BCUT2D eigenvalue weighted by Crippen LogP contribution is 2.34. The van der Waals surface area contributed by atoms with Gasteiger partial charge in [0, 0.05) is 37.9 Å².